The number of aryl methyl sites for hydroxylation is 2. The highest BCUT2D eigenvalue weighted by Gasteiger charge is 2.18. The zero-order valence-corrected chi connectivity index (χ0v) is 12.1. The van der Waals surface area contributed by atoms with Gasteiger partial charge in [0.15, 0.2) is 0 Å². The lowest BCUT2D eigenvalue weighted by molar-refractivity contribution is 0.476. The van der Waals surface area contributed by atoms with Crippen LogP contribution in [-0.4, -0.2) is 10.1 Å². The van der Waals surface area contributed by atoms with Gasteiger partial charge in [0, 0.05) is 21.8 Å². The Kier molecular flexibility index (Phi) is 3.56. The molecule has 4 nitrogen and oxygen atoms in total. The predicted molar refractivity (Wildman–Crippen MR) is 78.1 cm³/mol. The SMILES string of the molecule is Cc1cc(-c2c(O)cc(C)c(Cl)c2C)c(C#N)c(=O)[nH]1. The largest absolute Gasteiger partial charge is 0.507 e. The van der Waals surface area contributed by atoms with E-state index in [2.05, 4.69) is 4.98 Å². The van der Waals surface area contributed by atoms with E-state index < -0.39 is 5.56 Å². The lowest BCUT2D eigenvalue weighted by atomic mass is 9.94. The van der Waals surface area contributed by atoms with E-state index in [-0.39, 0.29) is 11.3 Å². The van der Waals surface area contributed by atoms with Crippen molar-refractivity contribution in [1.82, 2.24) is 4.98 Å². The first-order valence-corrected chi connectivity index (χ1v) is 6.37. The molecule has 2 rings (SSSR count). The minimum Gasteiger partial charge on any atom is -0.507 e. The molecule has 0 radical (unpaired) electrons. The molecule has 0 amide bonds. The van der Waals surface area contributed by atoms with Crippen LogP contribution in [0.15, 0.2) is 16.9 Å². The summed E-state index contributed by atoms with van der Waals surface area (Å²) in [5.74, 6) is 0.00546. The molecule has 0 fully saturated rings. The van der Waals surface area contributed by atoms with Crippen molar-refractivity contribution in [3.05, 3.63) is 49.9 Å². The molecule has 1 aromatic carbocycles. The van der Waals surface area contributed by atoms with Gasteiger partial charge in [0.1, 0.15) is 17.4 Å². The van der Waals surface area contributed by atoms with Gasteiger partial charge in [-0.1, -0.05) is 11.6 Å². The molecule has 0 saturated carbocycles. The van der Waals surface area contributed by atoms with Crippen LogP contribution in [0.5, 0.6) is 5.75 Å². The van der Waals surface area contributed by atoms with Gasteiger partial charge in [0.2, 0.25) is 0 Å². The smallest absolute Gasteiger partial charge is 0.266 e. The number of aromatic hydroxyl groups is 1. The van der Waals surface area contributed by atoms with Gasteiger partial charge in [0.25, 0.3) is 5.56 Å². The van der Waals surface area contributed by atoms with Crippen molar-refractivity contribution in [2.24, 2.45) is 0 Å². The number of aromatic nitrogens is 1. The van der Waals surface area contributed by atoms with Crippen LogP contribution in [0.1, 0.15) is 22.4 Å². The van der Waals surface area contributed by atoms with Crippen LogP contribution in [0.25, 0.3) is 11.1 Å². The van der Waals surface area contributed by atoms with E-state index in [0.29, 0.717) is 27.4 Å². The van der Waals surface area contributed by atoms with Crippen molar-refractivity contribution < 1.29 is 5.11 Å². The summed E-state index contributed by atoms with van der Waals surface area (Å²) < 4.78 is 0. The molecule has 102 valence electrons. The quantitative estimate of drug-likeness (QED) is 0.846. The van der Waals surface area contributed by atoms with Gasteiger partial charge in [-0.15, -0.1) is 0 Å². The van der Waals surface area contributed by atoms with Crippen LogP contribution < -0.4 is 5.56 Å². The molecule has 0 atom stereocenters. The lowest BCUT2D eigenvalue weighted by Crippen LogP contribution is -2.13. The number of rotatable bonds is 1. The third kappa shape index (κ3) is 2.17. The summed E-state index contributed by atoms with van der Waals surface area (Å²) in [6.07, 6.45) is 0. The highest BCUT2D eigenvalue weighted by Crippen LogP contribution is 2.39. The van der Waals surface area contributed by atoms with Crippen LogP contribution in [0, 0.1) is 32.1 Å². The van der Waals surface area contributed by atoms with Crippen molar-refractivity contribution in [3.63, 3.8) is 0 Å². The Labute approximate surface area is 121 Å². The fourth-order valence-electron chi connectivity index (χ4n) is 2.28. The van der Waals surface area contributed by atoms with Crippen molar-refractivity contribution >= 4 is 11.6 Å². The number of aromatic amines is 1. The minimum absolute atomic E-state index is 0.00546. The van der Waals surface area contributed by atoms with E-state index >= 15 is 0 Å². The van der Waals surface area contributed by atoms with Gasteiger partial charge in [-0.05, 0) is 44.0 Å². The standard InChI is InChI=1S/C15H13ClN2O2/c1-7-4-12(19)13(9(3)14(7)16)10-5-8(2)18-15(20)11(10)6-17/h4-5,19H,1-3H3,(H,18,20). The van der Waals surface area contributed by atoms with Crippen molar-refractivity contribution in [1.29, 1.82) is 5.26 Å². The molecular formula is C15H13ClN2O2. The fraction of sp³-hybridized carbons (Fsp3) is 0.200. The number of phenols is 1. The van der Waals surface area contributed by atoms with Crippen LogP contribution >= 0.6 is 11.6 Å². The van der Waals surface area contributed by atoms with E-state index in [4.69, 9.17) is 11.6 Å². The second kappa shape index (κ2) is 5.03. The number of H-pyrrole nitrogens is 1. The lowest BCUT2D eigenvalue weighted by Gasteiger charge is -2.14. The number of pyridine rings is 1. The Morgan fingerprint density at radius 3 is 2.55 bits per heavy atom. The summed E-state index contributed by atoms with van der Waals surface area (Å²) in [5.41, 5.74) is 2.31. The van der Waals surface area contributed by atoms with Gasteiger partial charge < -0.3 is 10.1 Å². The third-order valence-electron chi connectivity index (χ3n) is 3.21. The van der Waals surface area contributed by atoms with E-state index in [0.717, 1.165) is 5.56 Å². The number of hydrogen-bond acceptors (Lipinski definition) is 3. The fourth-order valence-corrected chi connectivity index (χ4v) is 2.42. The van der Waals surface area contributed by atoms with Gasteiger partial charge in [-0.2, -0.15) is 5.26 Å². The molecule has 0 aliphatic carbocycles. The number of nitriles is 1. The Bertz CT molecular complexity index is 801. The Morgan fingerprint density at radius 2 is 1.95 bits per heavy atom. The summed E-state index contributed by atoms with van der Waals surface area (Å²) in [6.45, 7) is 5.25. The number of benzene rings is 1. The molecule has 5 heteroatoms. The Morgan fingerprint density at radius 1 is 1.30 bits per heavy atom. The van der Waals surface area contributed by atoms with Crippen LogP contribution in [0.3, 0.4) is 0 Å². The highest BCUT2D eigenvalue weighted by molar-refractivity contribution is 6.32. The molecule has 2 aromatic rings. The number of halogens is 1. The number of hydrogen-bond donors (Lipinski definition) is 2. The van der Waals surface area contributed by atoms with E-state index in [9.17, 15) is 15.2 Å². The summed E-state index contributed by atoms with van der Waals surface area (Å²) >= 11 is 6.20. The minimum atomic E-state index is -0.474. The molecule has 0 spiro atoms. The molecule has 1 heterocycles. The monoisotopic (exact) mass is 288 g/mol. The normalized spacial score (nSPS) is 10.3. The second-order valence-corrected chi connectivity index (χ2v) is 5.09. The molecule has 20 heavy (non-hydrogen) atoms. The molecular weight excluding hydrogens is 276 g/mol. The molecule has 0 aliphatic heterocycles. The van der Waals surface area contributed by atoms with Crippen LogP contribution in [0.4, 0.5) is 0 Å². The van der Waals surface area contributed by atoms with Crippen molar-refractivity contribution in [2.45, 2.75) is 20.8 Å². The van der Waals surface area contributed by atoms with Gasteiger partial charge in [-0.25, -0.2) is 0 Å². The third-order valence-corrected chi connectivity index (χ3v) is 3.79. The maximum Gasteiger partial charge on any atom is 0.266 e. The number of nitrogens with one attached hydrogen (secondary N) is 1. The predicted octanol–water partition coefficient (Wildman–Crippen LogP) is 3.20. The topological polar surface area (TPSA) is 76.9 Å². The first-order chi connectivity index (χ1) is 9.36. The first-order valence-electron chi connectivity index (χ1n) is 6.00. The Hall–Kier alpha value is -2.25. The number of nitrogens with zero attached hydrogens (tertiary/aromatic N) is 1. The van der Waals surface area contributed by atoms with Gasteiger partial charge >= 0.3 is 0 Å². The zero-order valence-electron chi connectivity index (χ0n) is 11.3. The van der Waals surface area contributed by atoms with Crippen molar-refractivity contribution in [3.8, 4) is 22.9 Å². The first kappa shape index (κ1) is 14.2. The molecule has 1 aromatic heterocycles. The van der Waals surface area contributed by atoms with Gasteiger partial charge in [-0.3, -0.25) is 4.79 Å². The molecule has 0 unspecified atom stereocenters. The maximum absolute atomic E-state index is 11.8. The summed E-state index contributed by atoms with van der Waals surface area (Å²) in [7, 11) is 0. The summed E-state index contributed by atoms with van der Waals surface area (Å²) in [4.78, 5) is 14.4. The zero-order chi connectivity index (χ0) is 15.0. The van der Waals surface area contributed by atoms with E-state index in [1.54, 1.807) is 26.8 Å². The number of phenolic OH excluding ortho intramolecular Hbond substituents is 1. The summed E-state index contributed by atoms with van der Waals surface area (Å²) in [6, 6.07) is 5.07. The highest BCUT2D eigenvalue weighted by atomic mass is 35.5. The maximum atomic E-state index is 11.8. The van der Waals surface area contributed by atoms with E-state index in [1.807, 2.05) is 6.07 Å². The molecule has 2 N–H and O–H groups in total. The average molecular weight is 289 g/mol. The summed E-state index contributed by atoms with van der Waals surface area (Å²) in [5, 5.41) is 19.9. The van der Waals surface area contributed by atoms with E-state index in [1.165, 1.54) is 6.07 Å². The van der Waals surface area contributed by atoms with Crippen molar-refractivity contribution in [2.75, 3.05) is 0 Å². The Balaban J connectivity index is 2.93. The molecule has 0 bridgehead atoms. The average Bonchev–Trinajstić information content (AvgIpc) is 2.35. The second-order valence-electron chi connectivity index (χ2n) is 4.71. The van der Waals surface area contributed by atoms with Crippen LogP contribution in [0.2, 0.25) is 5.02 Å². The van der Waals surface area contributed by atoms with Gasteiger partial charge in [0.05, 0.1) is 0 Å². The molecule has 0 saturated heterocycles. The van der Waals surface area contributed by atoms with Crippen LogP contribution in [-0.2, 0) is 0 Å². The molecule has 0 aliphatic rings.